The molecule has 0 aliphatic carbocycles. The van der Waals surface area contributed by atoms with Crippen LogP contribution in [0.3, 0.4) is 0 Å². The summed E-state index contributed by atoms with van der Waals surface area (Å²) in [6.45, 7) is 1.68. The van der Waals surface area contributed by atoms with Crippen LogP contribution in [0, 0.1) is 5.82 Å². The van der Waals surface area contributed by atoms with Crippen LogP contribution in [0.5, 0.6) is 5.75 Å². The zero-order chi connectivity index (χ0) is 21.3. The molecule has 9 nitrogen and oxygen atoms in total. The number of aryl methyl sites for hydroxylation is 1. The number of hydrogen-bond donors (Lipinski definition) is 1. The maximum Gasteiger partial charge on any atom is 0.265 e. The highest BCUT2D eigenvalue weighted by Gasteiger charge is 2.29. The van der Waals surface area contributed by atoms with Crippen LogP contribution in [0.2, 0.25) is 0 Å². The van der Waals surface area contributed by atoms with Crippen molar-refractivity contribution in [2.45, 2.75) is 24.8 Å². The Morgan fingerprint density at radius 1 is 1.20 bits per heavy atom. The zero-order valence-corrected chi connectivity index (χ0v) is 16.6. The summed E-state index contributed by atoms with van der Waals surface area (Å²) in [5, 5.41) is 3.84. The summed E-state index contributed by atoms with van der Waals surface area (Å²) in [4.78, 5) is 17.9. The standard InChI is InChI=1S/C19H17FN4O5S/c1-2-18-21-17(22-29-18)10-24-15-9-14(7-8-16(15)28-11-19(24)25)30(26,27)23-13-5-3-12(20)4-6-13/h3-9,23H,2,10-11H2,1H3. The van der Waals surface area contributed by atoms with Gasteiger partial charge in [0.05, 0.1) is 17.1 Å². The number of benzene rings is 2. The number of carbonyl (C=O) groups is 1. The Hall–Kier alpha value is -3.47. The number of ether oxygens (including phenoxy) is 1. The Bertz CT molecular complexity index is 1190. The van der Waals surface area contributed by atoms with E-state index >= 15 is 0 Å². The largest absolute Gasteiger partial charge is 0.482 e. The molecule has 0 fully saturated rings. The number of fused-ring (bicyclic) bond motifs is 1. The maximum absolute atomic E-state index is 13.1. The molecule has 0 radical (unpaired) electrons. The Morgan fingerprint density at radius 3 is 2.67 bits per heavy atom. The number of halogens is 1. The van der Waals surface area contributed by atoms with Crippen molar-refractivity contribution in [3.8, 4) is 5.75 Å². The fraction of sp³-hybridized carbons (Fsp3) is 0.211. The third-order valence-electron chi connectivity index (χ3n) is 4.39. The minimum absolute atomic E-state index is 0.00752. The summed E-state index contributed by atoms with van der Waals surface area (Å²) in [5.74, 6) is 0.239. The van der Waals surface area contributed by atoms with Gasteiger partial charge in [-0.3, -0.25) is 14.4 Å². The van der Waals surface area contributed by atoms with Crippen molar-refractivity contribution in [2.75, 3.05) is 16.2 Å². The molecule has 4 rings (SSSR count). The predicted octanol–water partition coefficient (Wildman–Crippen LogP) is 2.50. The second-order valence-electron chi connectivity index (χ2n) is 6.47. The van der Waals surface area contributed by atoms with Gasteiger partial charge in [-0.1, -0.05) is 12.1 Å². The van der Waals surface area contributed by atoms with Gasteiger partial charge in [-0.2, -0.15) is 4.98 Å². The number of sulfonamides is 1. The van der Waals surface area contributed by atoms with Crippen LogP contribution in [-0.2, 0) is 27.8 Å². The molecule has 1 aromatic heterocycles. The van der Waals surface area contributed by atoms with E-state index in [-0.39, 0.29) is 35.3 Å². The predicted molar refractivity (Wildman–Crippen MR) is 104 cm³/mol. The average molecular weight is 432 g/mol. The molecule has 1 aliphatic heterocycles. The average Bonchev–Trinajstić information content (AvgIpc) is 3.19. The van der Waals surface area contributed by atoms with Crippen LogP contribution in [0.4, 0.5) is 15.8 Å². The third-order valence-corrected chi connectivity index (χ3v) is 5.77. The topological polar surface area (TPSA) is 115 Å². The molecular weight excluding hydrogens is 415 g/mol. The number of aromatic nitrogens is 2. The van der Waals surface area contributed by atoms with Gasteiger partial charge in [0.2, 0.25) is 5.89 Å². The van der Waals surface area contributed by atoms with E-state index < -0.39 is 15.8 Å². The third kappa shape index (κ3) is 3.96. The van der Waals surface area contributed by atoms with Gasteiger partial charge in [-0.15, -0.1) is 0 Å². The molecule has 0 bridgehead atoms. The van der Waals surface area contributed by atoms with Gasteiger partial charge in [-0.25, -0.2) is 12.8 Å². The number of anilines is 2. The Balaban J connectivity index is 1.65. The Morgan fingerprint density at radius 2 is 1.97 bits per heavy atom. The van der Waals surface area contributed by atoms with Crippen LogP contribution in [-0.4, -0.2) is 31.1 Å². The molecule has 2 aromatic carbocycles. The molecule has 11 heteroatoms. The molecule has 2 heterocycles. The summed E-state index contributed by atoms with van der Waals surface area (Å²) in [6, 6.07) is 9.09. The van der Waals surface area contributed by atoms with E-state index in [9.17, 15) is 17.6 Å². The molecule has 0 saturated carbocycles. The van der Waals surface area contributed by atoms with Crippen molar-refractivity contribution in [3.05, 3.63) is 60.0 Å². The number of amides is 1. The van der Waals surface area contributed by atoms with E-state index in [1.54, 1.807) is 0 Å². The smallest absolute Gasteiger partial charge is 0.265 e. The first-order valence-electron chi connectivity index (χ1n) is 9.03. The van der Waals surface area contributed by atoms with Crippen molar-refractivity contribution in [3.63, 3.8) is 0 Å². The fourth-order valence-corrected chi connectivity index (χ4v) is 3.97. The minimum Gasteiger partial charge on any atom is -0.482 e. The highest BCUT2D eigenvalue weighted by molar-refractivity contribution is 7.92. The number of nitrogens with zero attached hydrogens (tertiary/aromatic N) is 3. The monoisotopic (exact) mass is 432 g/mol. The molecule has 0 unspecified atom stereocenters. The van der Waals surface area contributed by atoms with Gasteiger partial charge >= 0.3 is 0 Å². The molecule has 0 spiro atoms. The highest BCUT2D eigenvalue weighted by Crippen LogP contribution is 2.35. The van der Waals surface area contributed by atoms with Crippen LogP contribution < -0.4 is 14.4 Å². The van der Waals surface area contributed by atoms with Gasteiger partial charge in [0, 0.05) is 12.1 Å². The normalized spacial score (nSPS) is 13.7. The number of rotatable bonds is 6. The quantitative estimate of drug-likeness (QED) is 0.636. The Labute approximate surface area is 171 Å². The molecule has 156 valence electrons. The lowest BCUT2D eigenvalue weighted by Crippen LogP contribution is -2.38. The van der Waals surface area contributed by atoms with Gasteiger partial charge in [0.15, 0.2) is 12.4 Å². The van der Waals surface area contributed by atoms with Crippen LogP contribution >= 0.6 is 0 Å². The van der Waals surface area contributed by atoms with Crippen molar-refractivity contribution in [1.82, 2.24) is 10.1 Å². The summed E-state index contributed by atoms with van der Waals surface area (Å²) < 4.78 is 51.5. The summed E-state index contributed by atoms with van der Waals surface area (Å²) in [6.07, 6.45) is 0.554. The zero-order valence-electron chi connectivity index (χ0n) is 15.8. The van der Waals surface area contributed by atoms with E-state index in [0.29, 0.717) is 23.9 Å². The van der Waals surface area contributed by atoms with Crippen LogP contribution in [0.1, 0.15) is 18.6 Å². The first kappa shape index (κ1) is 19.8. The number of nitrogens with one attached hydrogen (secondary N) is 1. The summed E-state index contributed by atoms with van der Waals surface area (Å²) in [5.41, 5.74) is 0.480. The van der Waals surface area contributed by atoms with E-state index in [2.05, 4.69) is 14.9 Å². The number of hydrogen-bond acceptors (Lipinski definition) is 7. The molecule has 1 aliphatic rings. The fourth-order valence-electron chi connectivity index (χ4n) is 2.89. The summed E-state index contributed by atoms with van der Waals surface area (Å²) in [7, 11) is -3.99. The molecule has 30 heavy (non-hydrogen) atoms. The van der Waals surface area contributed by atoms with Gasteiger partial charge in [0.1, 0.15) is 11.6 Å². The lowest BCUT2D eigenvalue weighted by atomic mass is 10.2. The van der Waals surface area contributed by atoms with E-state index in [4.69, 9.17) is 9.26 Å². The van der Waals surface area contributed by atoms with E-state index in [1.807, 2.05) is 6.92 Å². The minimum atomic E-state index is -3.99. The summed E-state index contributed by atoms with van der Waals surface area (Å²) >= 11 is 0. The van der Waals surface area contributed by atoms with Crippen LogP contribution in [0.25, 0.3) is 0 Å². The van der Waals surface area contributed by atoms with E-state index in [0.717, 1.165) is 12.1 Å². The molecular formula is C19H17FN4O5S. The molecule has 3 aromatic rings. The van der Waals surface area contributed by atoms with Crippen molar-refractivity contribution < 1.29 is 26.9 Å². The van der Waals surface area contributed by atoms with Crippen molar-refractivity contribution >= 4 is 27.3 Å². The van der Waals surface area contributed by atoms with Crippen LogP contribution in [0.15, 0.2) is 51.9 Å². The molecule has 0 saturated heterocycles. The lowest BCUT2D eigenvalue weighted by Gasteiger charge is -2.28. The second kappa shape index (κ2) is 7.75. The Kier molecular flexibility index (Phi) is 5.12. The molecule has 0 atom stereocenters. The molecule has 1 N–H and O–H groups in total. The first-order chi connectivity index (χ1) is 14.4. The highest BCUT2D eigenvalue weighted by atomic mass is 32.2. The lowest BCUT2D eigenvalue weighted by molar-refractivity contribution is -0.121. The molecule has 1 amide bonds. The second-order valence-corrected chi connectivity index (χ2v) is 8.15. The van der Waals surface area contributed by atoms with Gasteiger partial charge in [0.25, 0.3) is 15.9 Å². The van der Waals surface area contributed by atoms with Gasteiger partial charge in [-0.05, 0) is 42.5 Å². The van der Waals surface area contributed by atoms with Crippen molar-refractivity contribution in [1.29, 1.82) is 0 Å². The SMILES string of the molecule is CCc1nc(CN2C(=O)COc3ccc(S(=O)(=O)Nc4ccc(F)cc4)cc32)no1. The maximum atomic E-state index is 13.1. The van der Waals surface area contributed by atoms with Gasteiger partial charge < -0.3 is 9.26 Å². The van der Waals surface area contributed by atoms with E-state index in [1.165, 1.54) is 35.2 Å². The first-order valence-corrected chi connectivity index (χ1v) is 10.5. The van der Waals surface area contributed by atoms with Crippen molar-refractivity contribution in [2.24, 2.45) is 0 Å². The number of carbonyl (C=O) groups excluding carboxylic acids is 1.